The number of hydrazine groups is 1. The number of pyridine rings is 1. The molecule has 12 heteroatoms. The summed E-state index contributed by atoms with van der Waals surface area (Å²) in [6, 6.07) is 8.34. The Kier molecular flexibility index (Phi) is 8.68. The first kappa shape index (κ1) is 25.8. The number of nitrogens with zero attached hydrogens (tertiary/aromatic N) is 5. The molecule has 0 spiro atoms. The highest BCUT2D eigenvalue weighted by atomic mass is 79.9. The summed E-state index contributed by atoms with van der Waals surface area (Å²) in [5.41, 5.74) is 0.855. The number of hydrogen-bond acceptors (Lipinski definition) is 5. The highest BCUT2D eigenvalue weighted by Gasteiger charge is 2.26. The maximum absolute atomic E-state index is 13.4. The van der Waals surface area contributed by atoms with Gasteiger partial charge in [0, 0.05) is 41.3 Å². The molecular weight excluding hydrogens is 643 g/mol. The van der Waals surface area contributed by atoms with E-state index >= 15 is 0 Å². The van der Waals surface area contributed by atoms with E-state index in [1.165, 1.54) is 4.68 Å². The van der Waals surface area contributed by atoms with Crippen molar-refractivity contribution < 1.29 is 9.59 Å². The predicted octanol–water partition coefficient (Wildman–Crippen LogP) is 5.79. The topological polar surface area (TPSA) is 83.4 Å². The molecule has 1 N–H and O–H groups in total. The molecule has 0 saturated heterocycles. The van der Waals surface area contributed by atoms with Crippen LogP contribution < -0.4 is 5.32 Å². The fourth-order valence-corrected chi connectivity index (χ4v) is 5.01. The molecule has 0 aliphatic rings. The van der Waals surface area contributed by atoms with Gasteiger partial charge in [-0.05, 0) is 63.0 Å². The third kappa shape index (κ3) is 5.65. The predicted molar refractivity (Wildman–Crippen MR) is 139 cm³/mol. The van der Waals surface area contributed by atoms with Crippen molar-refractivity contribution in [1.82, 2.24) is 24.8 Å². The average Bonchev–Trinajstić information content (AvgIpc) is 3.17. The van der Waals surface area contributed by atoms with Gasteiger partial charge in [-0.15, -0.1) is 0 Å². The van der Waals surface area contributed by atoms with Gasteiger partial charge in [-0.1, -0.05) is 34.5 Å². The molecule has 33 heavy (non-hydrogen) atoms. The Labute approximate surface area is 221 Å². The molecule has 2 amide bonds. The minimum Gasteiger partial charge on any atom is -0.319 e. The number of amides is 2. The van der Waals surface area contributed by atoms with E-state index in [0.29, 0.717) is 48.7 Å². The van der Waals surface area contributed by atoms with Gasteiger partial charge in [0.2, 0.25) is 0 Å². The smallest absolute Gasteiger partial charge is 0.274 e. The number of halogens is 4. The Hall–Kier alpha value is -1.79. The number of carbonyl (C=O) groups is 2. The molecule has 3 rings (SSSR count). The number of rotatable bonds is 7. The second-order valence-electron chi connectivity index (χ2n) is 6.83. The van der Waals surface area contributed by atoms with E-state index < -0.39 is 5.91 Å². The van der Waals surface area contributed by atoms with Crippen molar-refractivity contribution in [3.05, 3.63) is 66.4 Å². The van der Waals surface area contributed by atoms with E-state index in [0.717, 1.165) is 0 Å². The maximum atomic E-state index is 13.4. The second kappa shape index (κ2) is 11.1. The van der Waals surface area contributed by atoms with Gasteiger partial charge in [0.25, 0.3) is 11.8 Å². The Bertz CT molecular complexity index is 1200. The van der Waals surface area contributed by atoms with Crippen LogP contribution in [0.3, 0.4) is 0 Å². The second-order valence-corrected chi connectivity index (χ2v) is 9.82. The molecule has 0 bridgehead atoms. The summed E-state index contributed by atoms with van der Waals surface area (Å²) in [7, 11) is 1.83. The van der Waals surface area contributed by atoms with E-state index in [2.05, 4.69) is 63.2 Å². The molecule has 0 fully saturated rings. The van der Waals surface area contributed by atoms with Gasteiger partial charge in [-0.25, -0.2) is 14.7 Å². The van der Waals surface area contributed by atoms with E-state index in [9.17, 15) is 9.59 Å². The molecule has 0 aliphatic heterocycles. The Balaban J connectivity index is 2.04. The molecule has 8 nitrogen and oxygen atoms in total. The van der Waals surface area contributed by atoms with Crippen LogP contribution in [0, 0.1) is 0 Å². The lowest BCUT2D eigenvalue weighted by atomic mass is 10.1. The van der Waals surface area contributed by atoms with Crippen LogP contribution in [0.4, 0.5) is 5.69 Å². The number of benzene rings is 1. The van der Waals surface area contributed by atoms with Crippen molar-refractivity contribution in [1.29, 1.82) is 0 Å². The summed E-state index contributed by atoms with van der Waals surface area (Å²) >= 11 is 16.5. The number of hydrogen-bond donors (Lipinski definition) is 1. The molecule has 0 radical (unpaired) electrons. The van der Waals surface area contributed by atoms with Crippen LogP contribution in [-0.2, 0) is 0 Å². The number of carbonyl (C=O) groups excluding carboxylic acids is 2. The molecule has 0 unspecified atom stereocenters. The SMILES string of the molecule is CCN(C)N(CC)C(=O)c1cc(Br)cc(Br)c1NC(=O)c1cc(Br)nn1-c1ncccc1Cl. The summed E-state index contributed by atoms with van der Waals surface area (Å²) in [6.07, 6.45) is 1.56. The van der Waals surface area contributed by atoms with Gasteiger partial charge in [0.1, 0.15) is 10.3 Å². The third-order valence-corrected chi connectivity index (χ3v) is 6.55. The Morgan fingerprint density at radius 1 is 1.15 bits per heavy atom. The van der Waals surface area contributed by atoms with Crippen LogP contribution in [0.5, 0.6) is 0 Å². The van der Waals surface area contributed by atoms with Gasteiger partial charge < -0.3 is 5.32 Å². The van der Waals surface area contributed by atoms with E-state index in [4.69, 9.17) is 11.6 Å². The monoisotopic (exact) mass is 660 g/mol. The van der Waals surface area contributed by atoms with Crippen LogP contribution in [0.25, 0.3) is 5.82 Å². The molecule has 2 aromatic heterocycles. The molecule has 1 aromatic carbocycles. The molecule has 0 atom stereocenters. The maximum Gasteiger partial charge on any atom is 0.274 e. The summed E-state index contributed by atoms with van der Waals surface area (Å²) < 4.78 is 3.02. The van der Waals surface area contributed by atoms with E-state index in [-0.39, 0.29) is 11.6 Å². The molecule has 0 saturated carbocycles. The molecule has 0 aliphatic carbocycles. The Morgan fingerprint density at radius 3 is 2.52 bits per heavy atom. The van der Waals surface area contributed by atoms with E-state index in [1.807, 2.05) is 25.9 Å². The zero-order chi connectivity index (χ0) is 24.3. The molecule has 3 aromatic rings. The normalized spacial score (nSPS) is 11.0. The van der Waals surface area contributed by atoms with Gasteiger partial charge in [-0.3, -0.25) is 14.6 Å². The van der Waals surface area contributed by atoms with Crippen molar-refractivity contribution in [2.45, 2.75) is 13.8 Å². The molecule has 2 heterocycles. The van der Waals surface area contributed by atoms with Crippen molar-refractivity contribution in [3.63, 3.8) is 0 Å². The van der Waals surface area contributed by atoms with Gasteiger partial charge in [0.05, 0.1) is 16.3 Å². The summed E-state index contributed by atoms with van der Waals surface area (Å²) in [5.74, 6) is -0.427. The van der Waals surface area contributed by atoms with Crippen LogP contribution in [0.15, 0.2) is 50.1 Å². The number of aromatic nitrogens is 3. The lowest BCUT2D eigenvalue weighted by molar-refractivity contribution is 0.0119. The first-order valence-corrected chi connectivity index (χ1v) is 12.6. The Morgan fingerprint density at radius 2 is 1.88 bits per heavy atom. The first-order chi connectivity index (χ1) is 15.7. The minimum absolute atomic E-state index is 0.189. The van der Waals surface area contributed by atoms with Crippen LogP contribution >= 0.6 is 59.4 Å². The third-order valence-electron chi connectivity index (χ3n) is 4.78. The lowest BCUT2D eigenvalue weighted by Crippen LogP contribution is -2.44. The highest BCUT2D eigenvalue weighted by molar-refractivity contribution is 9.11. The van der Waals surface area contributed by atoms with Crippen LogP contribution in [0.2, 0.25) is 5.02 Å². The van der Waals surface area contributed by atoms with Crippen molar-refractivity contribution >= 4 is 76.9 Å². The summed E-state index contributed by atoms with van der Waals surface area (Å²) in [5, 5.41) is 10.9. The van der Waals surface area contributed by atoms with Crippen LogP contribution in [0.1, 0.15) is 34.7 Å². The quantitative estimate of drug-likeness (QED) is 0.324. The van der Waals surface area contributed by atoms with Gasteiger partial charge >= 0.3 is 0 Å². The summed E-state index contributed by atoms with van der Waals surface area (Å²) in [6.45, 7) is 4.96. The number of nitrogens with one attached hydrogen (secondary N) is 1. The molecular formula is C21H20Br3ClN6O2. The van der Waals surface area contributed by atoms with Crippen molar-refractivity contribution in [2.75, 3.05) is 25.5 Å². The van der Waals surface area contributed by atoms with Gasteiger partial charge in [-0.2, -0.15) is 5.10 Å². The standard InChI is InChI=1S/C21H20Br3ClN6O2/c1-4-29(3)30(5-2)21(33)13-9-12(22)10-14(23)18(13)27-20(32)16-11-17(24)28-31(16)19-15(25)7-6-8-26-19/h6-11H,4-5H2,1-3H3,(H,27,32). The zero-order valence-corrected chi connectivity index (χ0v) is 23.5. The fourth-order valence-electron chi connectivity index (χ4n) is 3.11. The van der Waals surface area contributed by atoms with Crippen molar-refractivity contribution in [3.8, 4) is 5.82 Å². The van der Waals surface area contributed by atoms with Crippen molar-refractivity contribution in [2.24, 2.45) is 0 Å². The van der Waals surface area contributed by atoms with Gasteiger partial charge in [0.15, 0.2) is 5.82 Å². The fraction of sp³-hybridized carbons (Fsp3) is 0.238. The van der Waals surface area contributed by atoms with E-state index in [1.54, 1.807) is 41.5 Å². The zero-order valence-electron chi connectivity index (χ0n) is 17.9. The molecule has 174 valence electrons. The largest absolute Gasteiger partial charge is 0.319 e. The lowest BCUT2D eigenvalue weighted by Gasteiger charge is -2.30. The highest BCUT2D eigenvalue weighted by Crippen LogP contribution is 2.33. The van der Waals surface area contributed by atoms with Crippen LogP contribution in [-0.4, -0.2) is 56.7 Å². The first-order valence-electron chi connectivity index (χ1n) is 9.87. The minimum atomic E-state index is -0.487. The number of anilines is 1. The summed E-state index contributed by atoms with van der Waals surface area (Å²) in [4.78, 5) is 31.0. The average molecular weight is 664 g/mol.